The van der Waals surface area contributed by atoms with E-state index in [9.17, 15) is 4.79 Å². The van der Waals surface area contributed by atoms with Crippen LogP contribution in [0.15, 0.2) is 36.7 Å². The predicted molar refractivity (Wildman–Crippen MR) is 86.1 cm³/mol. The topological polar surface area (TPSA) is 51.0 Å². The summed E-state index contributed by atoms with van der Waals surface area (Å²) in [6.45, 7) is 2.47. The van der Waals surface area contributed by atoms with Crippen molar-refractivity contribution in [2.24, 2.45) is 0 Å². The molecule has 1 aliphatic rings. The number of nitrogens with zero attached hydrogens (tertiary/aromatic N) is 4. The molecule has 0 spiro atoms. The zero-order chi connectivity index (χ0) is 14.9. The minimum absolute atomic E-state index is 0.134. The first-order valence-electron chi connectivity index (χ1n) is 7.46. The van der Waals surface area contributed by atoms with Gasteiger partial charge in [-0.2, -0.15) is 5.10 Å². The number of carbonyl (C=O) groups is 1. The number of rotatable bonds is 3. The van der Waals surface area contributed by atoms with Gasteiger partial charge in [0, 0.05) is 41.3 Å². The predicted octanol–water partition coefficient (Wildman–Crippen LogP) is 2.78. The van der Waals surface area contributed by atoms with Gasteiger partial charge in [0.15, 0.2) is 0 Å². The van der Waals surface area contributed by atoms with Crippen molar-refractivity contribution >= 4 is 28.3 Å². The van der Waals surface area contributed by atoms with Crippen LogP contribution in [-0.2, 0) is 6.54 Å². The van der Waals surface area contributed by atoms with Gasteiger partial charge in [0.25, 0.3) is 5.91 Å². The lowest BCUT2D eigenvalue weighted by molar-refractivity contribution is 0.0793. The van der Waals surface area contributed by atoms with Crippen molar-refractivity contribution in [3.8, 4) is 0 Å². The lowest BCUT2D eigenvalue weighted by atomic mass is 10.1. The minimum Gasteiger partial charge on any atom is -0.339 e. The highest BCUT2D eigenvalue weighted by molar-refractivity contribution is 7.05. The Balaban J connectivity index is 1.61. The Morgan fingerprint density at radius 1 is 1.23 bits per heavy atom. The highest BCUT2D eigenvalue weighted by atomic mass is 32.1. The zero-order valence-electron chi connectivity index (χ0n) is 12.1. The van der Waals surface area contributed by atoms with Crippen molar-refractivity contribution in [2.75, 3.05) is 13.1 Å². The maximum absolute atomic E-state index is 12.4. The number of amides is 1. The minimum atomic E-state index is 0.134. The average Bonchev–Trinajstić information content (AvgIpc) is 3.27. The average molecular weight is 312 g/mol. The molecule has 4 rings (SSSR count). The molecule has 1 saturated heterocycles. The molecule has 1 fully saturated rings. The smallest absolute Gasteiger partial charge is 0.253 e. The number of carbonyl (C=O) groups excluding carboxylic acids is 1. The number of likely N-dealkylation sites (tertiary alicyclic amines) is 1. The maximum Gasteiger partial charge on any atom is 0.253 e. The first kappa shape index (κ1) is 13.5. The molecule has 0 unspecified atom stereocenters. The summed E-state index contributed by atoms with van der Waals surface area (Å²) in [5, 5.41) is 5.57. The van der Waals surface area contributed by atoms with Crippen LogP contribution in [0.3, 0.4) is 0 Å². The van der Waals surface area contributed by atoms with Gasteiger partial charge in [0.05, 0.1) is 12.1 Å². The Kier molecular flexibility index (Phi) is 3.38. The third-order valence-electron chi connectivity index (χ3n) is 4.00. The van der Waals surface area contributed by atoms with Gasteiger partial charge in [0.2, 0.25) is 0 Å². The third-order valence-corrected chi connectivity index (χ3v) is 4.73. The summed E-state index contributed by atoms with van der Waals surface area (Å²) in [6, 6.07) is 7.76. The summed E-state index contributed by atoms with van der Waals surface area (Å²) in [5.41, 5.74) is 1.68. The van der Waals surface area contributed by atoms with Gasteiger partial charge in [0.1, 0.15) is 0 Å². The van der Waals surface area contributed by atoms with Gasteiger partial charge in [-0.15, -0.1) is 0 Å². The number of benzene rings is 1. The Bertz CT molecular complexity index is 803. The molecule has 0 bridgehead atoms. The van der Waals surface area contributed by atoms with Crippen molar-refractivity contribution in [1.82, 2.24) is 19.1 Å². The summed E-state index contributed by atoms with van der Waals surface area (Å²) in [4.78, 5) is 15.5. The van der Waals surface area contributed by atoms with E-state index in [1.165, 1.54) is 16.4 Å². The zero-order valence-corrected chi connectivity index (χ0v) is 12.9. The fourth-order valence-corrected chi connectivity index (χ4v) is 3.45. The normalized spacial score (nSPS) is 14.8. The van der Waals surface area contributed by atoms with Crippen LogP contribution in [0.25, 0.3) is 10.9 Å². The van der Waals surface area contributed by atoms with E-state index in [1.54, 1.807) is 6.20 Å². The molecule has 3 aromatic rings. The van der Waals surface area contributed by atoms with Crippen LogP contribution in [0.1, 0.15) is 28.1 Å². The molecule has 1 aromatic carbocycles. The van der Waals surface area contributed by atoms with Crippen molar-refractivity contribution in [1.29, 1.82) is 0 Å². The molecule has 0 atom stereocenters. The van der Waals surface area contributed by atoms with E-state index in [0.717, 1.165) is 48.9 Å². The number of hydrogen-bond donors (Lipinski definition) is 0. The van der Waals surface area contributed by atoms with E-state index in [2.05, 4.69) is 9.47 Å². The fourth-order valence-electron chi connectivity index (χ4n) is 2.88. The number of fused-ring (bicyclic) bond motifs is 1. The molecular weight excluding hydrogens is 296 g/mol. The van der Waals surface area contributed by atoms with E-state index < -0.39 is 0 Å². The second-order valence-electron chi connectivity index (χ2n) is 5.58. The van der Waals surface area contributed by atoms with Gasteiger partial charge >= 0.3 is 0 Å². The molecule has 22 heavy (non-hydrogen) atoms. The molecule has 5 nitrogen and oxygen atoms in total. The summed E-state index contributed by atoms with van der Waals surface area (Å²) < 4.78 is 6.01. The molecule has 0 radical (unpaired) electrons. The van der Waals surface area contributed by atoms with Crippen LogP contribution in [0.5, 0.6) is 0 Å². The van der Waals surface area contributed by atoms with Crippen LogP contribution >= 0.6 is 11.5 Å². The molecule has 3 heterocycles. The number of aromatic nitrogens is 3. The Hall–Kier alpha value is -2.21. The monoisotopic (exact) mass is 312 g/mol. The molecule has 2 aromatic heterocycles. The standard InChI is InChI=1S/C16H16N4OS/c21-16(19-7-1-2-8-19)12-3-4-15-13(9-12)10-20(18-15)11-14-5-6-17-22-14/h3-6,9-10H,1-2,7-8,11H2. The molecule has 0 N–H and O–H groups in total. The lowest BCUT2D eigenvalue weighted by Crippen LogP contribution is -2.27. The SMILES string of the molecule is O=C(c1ccc2nn(Cc3ccns3)cc2c1)N1CCCC1. The van der Waals surface area contributed by atoms with Crippen LogP contribution in [0.2, 0.25) is 0 Å². The first-order valence-corrected chi connectivity index (χ1v) is 8.23. The molecule has 112 valence electrons. The first-order chi connectivity index (χ1) is 10.8. The van der Waals surface area contributed by atoms with Crippen LogP contribution in [-0.4, -0.2) is 38.1 Å². The Labute approximate surface area is 132 Å². The molecule has 6 heteroatoms. The summed E-state index contributed by atoms with van der Waals surface area (Å²) in [5.74, 6) is 0.134. The van der Waals surface area contributed by atoms with Crippen LogP contribution in [0, 0.1) is 0 Å². The van der Waals surface area contributed by atoms with Crippen molar-refractivity contribution < 1.29 is 4.79 Å². The summed E-state index contributed by atoms with van der Waals surface area (Å²) in [7, 11) is 0. The van der Waals surface area contributed by atoms with Crippen molar-refractivity contribution in [3.05, 3.63) is 47.1 Å². The van der Waals surface area contributed by atoms with E-state index >= 15 is 0 Å². The van der Waals surface area contributed by atoms with Gasteiger partial charge in [-0.25, -0.2) is 4.37 Å². The molecule has 1 aliphatic heterocycles. The highest BCUT2D eigenvalue weighted by Crippen LogP contribution is 2.19. The van der Waals surface area contributed by atoms with E-state index in [1.807, 2.05) is 40.0 Å². The van der Waals surface area contributed by atoms with Crippen molar-refractivity contribution in [2.45, 2.75) is 19.4 Å². The Morgan fingerprint density at radius 2 is 2.09 bits per heavy atom. The molecule has 0 aliphatic carbocycles. The lowest BCUT2D eigenvalue weighted by Gasteiger charge is -2.14. The van der Waals surface area contributed by atoms with Gasteiger partial charge in [-0.1, -0.05) is 0 Å². The fraction of sp³-hybridized carbons (Fsp3) is 0.312. The maximum atomic E-state index is 12.4. The van der Waals surface area contributed by atoms with Crippen LogP contribution < -0.4 is 0 Å². The van der Waals surface area contributed by atoms with Crippen molar-refractivity contribution in [3.63, 3.8) is 0 Å². The van der Waals surface area contributed by atoms with E-state index in [0.29, 0.717) is 0 Å². The van der Waals surface area contributed by atoms with Crippen LogP contribution in [0.4, 0.5) is 0 Å². The van der Waals surface area contributed by atoms with Gasteiger partial charge in [-0.05, 0) is 48.6 Å². The quantitative estimate of drug-likeness (QED) is 0.747. The van der Waals surface area contributed by atoms with Gasteiger partial charge < -0.3 is 4.90 Å². The number of hydrogen-bond acceptors (Lipinski definition) is 4. The van der Waals surface area contributed by atoms with Gasteiger partial charge in [-0.3, -0.25) is 9.48 Å². The molecule has 0 saturated carbocycles. The third kappa shape index (κ3) is 2.50. The second-order valence-corrected chi connectivity index (χ2v) is 6.50. The largest absolute Gasteiger partial charge is 0.339 e. The highest BCUT2D eigenvalue weighted by Gasteiger charge is 2.19. The summed E-state index contributed by atoms with van der Waals surface area (Å²) in [6.07, 6.45) is 6.02. The van der Waals surface area contributed by atoms with E-state index in [4.69, 9.17) is 0 Å². The Morgan fingerprint density at radius 3 is 2.86 bits per heavy atom. The second kappa shape index (κ2) is 5.53. The molecular formula is C16H16N4OS. The molecule has 1 amide bonds. The van der Waals surface area contributed by atoms with E-state index in [-0.39, 0.29) is 5.91 Å². The summed E-state index contributed by atoms with van der Waals surface area (Å²) >= 11 is 1.48.